The van der Waals surface area contributed by atoms with Crippen LogP contribution in [0.25, 0.3) is 11.3 Å². The smallest absolute Gasteiger partial charge is 0.229 e. The summed E-state index contributed by atoms with van der Waals surface area (Å²) >= 11 is 6.42. The number of anilines is 2. The first-order valence-electron chi connectivity index (χ1n) is 11.4. The summed E-state index contributed by atoms with van der Waals surface area (Å²) in [4.78, 5) is 26.0. The zero-order valence-corrected chi connectivity index (χ0v) is 18.8. The molecule has 1 amide bonds. The molecule has 4 rings (SSSR count). The molecule has 2 aliphatic rings. The van der Waals surface area contributed by atoms with Crippen LogP contribution in [0.15, 0.2) is 24.7 Å². The van der Waals surface area contributed by atoms with E-state index < -0.39 is 0 Å². The molecule has 0 radical (unpaired) electrons. The fourth-order valence-corrected chi connectivity index (χ4v) is 4.76. The van der Waals surface area contributed by atoms with E-state index in [0.717, 1.165) is 25.2 Å². The van der Waals surface area contributed by atoms with Crippen molar-refractivity contribution in [3.8, 4) is 11.3 Å². The molecule has 2 unspecified atom stereocenters. The molecule has 3 heterocycles. The Balaban J connectivity index is 1.47. The zero-order valence-electron chi connectivity index (χ0n) is 18.0. The lowest BCUT2D eigenvalue weighted by Gasteiger charge is -2.28. The Kier molecular flexibility index (Phi) is 7.35. The van der Waals surface area contributed by atoms with Gasteiger partial charge in [-0.2, -0.15) is 0 Å². The SMILES string of the molecule is CC(Nc1cncc(-c2cc(NC(=O)C3CCCNC3)ncc2Cl)n1)C1CCCCC1. The quantitative estimate of drug-likeness (QED) is 0.609. The zero-order chi connectivity index (χ0) is 21.6. The first-order valence-corrected chi connectivity index (χ1v) is 11.7. The number of pyridine rings is 1. The first kappa shape index (κ1) is 22.0. The van der Waals surface area contributed by atoms with Gasteiger partial charge in [0.15, 0.2) is 0 Å². The summed E-state index contributed by atoms with van der Waals surface area (Å²) in [6, 6.07) is 2.12. The minimum absolute atomic E-state index is 0.0178. The molecule has 31 heavy (non-hydrogen) atoms. The molecule has 2 aromatic rings. The van der Waals surface area contributed by atoms with Crippen molar-refractivity contribution in [1.82, 2.24) is 20.3 Å². The van der Waals surface area contributed by atoms with Gasteiger partial charge in [-0.1, -0.05) is 30.9 Å². The molecule has 2 atom stereocenters. The number of halogens is 1. The molecule has 8 heteroatoms. The van der Waals surface area contributed by atoms with Gasteiger partial charge in [0.1, 0.15) is 11.6 Å². The Hall–Kier alpha value is -2.25. The number of nitrogens with zero attached hydrogens (tertiary/aromatic N) is 3. The van der Waals surface area contributed by atoms with Gasteiger partial charge in [-0.15, -0.1) is 0 Å². The molecule has 1 saturated carbocycles. The summed E-state index contributed by atoms with van der Waals surface area (Å²) in [5.74, 6) is 1.83. The van der Waals surface area contributed by atoms with E-state index in [2.05, 4.69) is 32.8 Å². The van der Waals surface area contributed by atoms with Gasteiger partial charge < -0.3 is 16.0 Å². The highest BCUT2D eigenvalue weighted by atomic mass is 35.5. The molecule has 2 aromatic heterocycles. The van der Waals surface area contributed by atoms with Crippen LogP contribution in [0.5, 0.6) is 0 Å². The number of nitrogens with one attached hydrogen (secondary N) is 3. The summed E-state index contributed by atoms with van der Waals surface area (Å²) in [5.41, 5.74) is 1.36. The van der Waals surface area contributed by atoms with E-state index in [1.54, 1.807) is 24.7 Å². The topological polar surface area (TPSA) is 91.8 Å². The first-order chi connectivity index (χ1) is 15.1. The average Bonchev–Trinajstić information content (AvgIpc) is 2.81. The Bertz CT molecular complexity index is 895. The summed E-state index contributed by atoms with van der Waals surface area (Å²) in [7, 11) is 0. The molecular weight excluding hydrogens is 412 g/mol. The molecular formula is C23H31ClN6O. The van der Waals surface area contributed by atoms with Crippen molar-refractivity contribution in [1.29, 1.82) is 0 Å². The van der Waals surface area contributed by atoms with Gasteiger partial charge in [0.05, 0.1) is 29.0 Å². The van der Waals surface area contributed by atoms with E-state index in [1.165, 1.54) is 32.1 Å². The number of hydrogen-bond donors (Lipinski definition) is 3. The average molecular weight is 443 g/mol. The van der Waals surface area contributed by atoms with E-state index in [-0.39, 0.29) is 11.8 Å². The third kappa shape index (κ3) is 5.71. The van der Waals surface area contributed by atoms with Gasteiger partial charge in [0.25, 0.3) is 0 Å². The number of amides is 1. The van der Waals surface area contributed by atoms with Gasteiger partial charge in [-0.05, 0) is 51.1 Å². The number of carbonyl (C=O) groups is 1. The van der Waals surface area contributed by atoms with Crippen LogP contribution in [0.2, 0.25) is 5.02 Å². The lowest BCUT2D eigenvalue weighted by Crippen LogP contribution is -2.37. The van der Waals surface area contributed by atoms with E-state index in [4.69, 9.17) is 16.6 Å². The number of piperidine rings is 1. The molecule has 166 valence electrons. The minimum atomic E-state index is -0.0386. The number of carbonyl (C=O) groups excluding carboxylic acids is 1. The van der Waals surface area contributed by atoms with Gasteiger partial charge in [-0.3, -0.25) is 9.78 Å². The summed E-state index contributed by atoms with van der Waals surface area (Å²) in [5, 5.41) is 10.2. The third-order valence-electron chi connectivity index (χ3n) is 6.42. The van der Waals surface area contributed by atoms with E-state index >= 15 is 0 Å². The summed E-state index contributed by atoms with van der Waals surface area (Å²) in [6.45, 7) is 3.89. The predicted octanol–water partition coefficient (Wildman–Crippen LogP) is 4.51. The monoisotopic (exact) mass is 442 g/mol. The molecule has 0 spiro atoms. The van der Waals surface area contributed by atoms with Crippen molar-refractivity contribution in [3.63, 3.8) is 0 Å². The highest BCUT2D eigenvalue weighted by molar-refractivity contribution is 6.33. The molecule has 1 aliphatic carbocycles. The van der Waals surface area contributed by atoms with Crippen molar-refractivity contribution < 1.29 is 4.79 Å². The van der Waals surface area contributed by atoms with Crippen molar-refractivity contribution >= 4 is 29.1 Å². The maximum Gasteiger partial charge on any atom is 0.229 e. The van der Waals surface area contributed by atoms with Crippen LogP contribution in [-0.2, 0) is 4.79 Å². The normalized spacial score (nSPS) is 20.8. The predicted molar refractivity (Wildman–Crippen MR) is 124 cm³/mol. The molecule has 3 N–H and O–H groups in total. The Morgan fingerprint density at radius 1 is 1.13 bits per heavy atom. The fourth-order valence-electron chi connectivity index (χ4n) is 4.56. The highest BCUT2D eigenvalue weighted by Crippen LogP contribution is 2.30. The van der Waals surface area contributed by atoms with Crippen LogP contribution in [0.3, 0.4) is 0 Å². The number of aromatic nitrogens is 3. The van der Waals surface area contributed by atoms with E-state index in [0.29, 0.717) is 40.6 Å². The van der Waals surface area contributed by atoms with E-state index in [1.807, 2.05) is 0 Å². The Morgan fingerprint density at radius 2 is 1.97 bits per heavy atom. The van der Waals surface area contributed by atoms with Crippen molar-refractivity contribution in [2.75, 3.05) is 23.7 Å². The van der Waals surface area contributed by atoms with Crippen LogP contribution in [0, 0.1) is 11.8 Å². The second-order valence-corrected chi connectivity index (χ2v) is 9.11. The summed E-state index contributed by atoms with van der Waals surface area (Å²) in [6.07, 6.45) is 13.4. The molecule has 2 fully saturated rings. The van der Waals surface area contributed by atoms with Gasteiger partial charge in [0, 0.05) is 24.3 Å². The molecule has 0 bridgehead atoms. The third-order valence-corrected chi connectivity index (χ3v) is 6.72. The molecule has 7 nitrogen and oxygen atoms in total. The van der Waals surface area contributed by atoms with Crippen LogP contribution in [0.1, 0.15) is 51.9 Å². The van der Waals surface area contributed by atoms with Gasteiger partial charge >= 0.3 is 0 Å². The largest absolute Gasteiger partial charge is 0.366 e. The standard InChI is InChI=1S/C23H31ClN6O/c1-15(16-6-3-2-4-7-16)28-22-14-26-13-20(29-22)18-10-21(27-12-19(18)24)30-23(31)17-8-5-9-25-11-17/h10,12-17,25H,2-9,11H2,1H3,(H,28,29)(H,27,30,31). The highest BCUT2D eigenvalue weighted by Gasteiger charge is 2.22. The summed E-state index contributed by atoms with van der Waals surface area (Å²) < 4.78 is 0. The van der Waals surface area contributed by atoms with Gasteiger partial charge in [-0.25, -0.2) is 9.97 Å². The second kappa shape index (κ2) is 10.4. The van der Waals surface area contributed by atoms with Crippen LogP contribution >= 0.6 is 11.6 Å². The maximum atomic E-state index is 12.6. The van der Waals surface area contributed by atoms with Crippen LogP contribution in [0.4, 0.5) is 11.6 Å². The second-order valence-electron chi connectivity index (χ2n) is 8.70. The number of hydrogen-bond acceptors (Lipinski definition) is 6. The van der Waals surface area contributed by atoms with Crippen LogP contribution in [-0.4, -0.2) is 40.0 Å². The molecule has 1 saturated heterocycles. The molecule has 1 aliphatic heterocycles. The van der Waals surface area contributed by atoms with Crippen molar-refractivity contribution in [2.24, 2.45) is 11.8 Å². The van der Waals surface area contributed by atoms with E-state index in [9.17, 15) is 4.79 Å². The molecule has 0 aromatic carbocycles. The maximum absolute atomic E-state index is 12.6. The van der Waals surface area contributed by atoms with Crippen molar-refractivity contribution in [2.45, 2.75) is 57.9 Å². The lowest BCUT2D eigenvalue weighted by atomic mass is 9.84. The Morgan fingerprint density at radius 3 is 2.74 bits per heavy atom. The van der Waals surface area contributed by atoms with Crippen molar-refractivity contribution in [3.05, 3.63) is 29.7 Å². The fraction of sp³-hybridized carbons (Fsp3) is 0.565. The number of rotatable bonds is 6. The van der Waals surface area contributed by atoms with Gasteiger partial charge in [0.2, 0.25) is 5.91 Å². The lowest BCUT2D eigenvalue weighted by molar-refractivity contribution is -0.120. The minimum Gasteiger partial charge on any atom is -0.366 e. The Labute approximate surface area is 188 Å². The van der Waals surface area contributed by atoms with Crippen LogP contribution < -0.4 is 16.0 Å².